The van der Waals surface area contributed by atoms with Crippen LogP contribution >= 0.6 is 0 Å². The minimum absolute atomic E-state index is 0.00549. The Labute approximate surface area is 115 Å². The Hall–Kier alpha value is -0.700. The molecule has 0 saturated carbocycles. The highest BCUT2D eigenvalue weighted by Gasteiger charge is 2.31. The lowest BCUT2D eigenvalue weighted by atomic mass is 10.2. The Bertz CT molecular complexity index is 391. The fourth-order valence-electron chi connectivity index (χ4n) is 1.89. The van der Waals surface area contributed by atoms with Gasteiger partial charge in [-0.15, -0.1) is 0 Å². The van der Waals surface area contributed by atoms with E-state index in [9.17, 15) is 8.42 Å². The van der Waals surface area contributed by atoms with Crippen molar-refractivity contribution in [2.24, 2.45) is 11.7 Å². The summed E-state index contributed by atoms with van der Waals surface area (Å²) < 4.78 is 33.1. The molecule has 112 valence electrons. The van der Waals surface area contributed by atoms with Crippen LogP contribution in [0.5, 0.6) is 0 Å². The van der Waals surface area contributed by atoms with Crippen LogP contribution in [0.15, 0.2) is 0 Å². The number of morpholine rings is 1. The van der Waals surface area contributed by atoms with Crippen molar-refractivity contribution in [3.63, 3.8) is 0 Å². The summed E-state index contributed by atoms with van der Waals surface area (Å²) in [5.41, 5.74) is 5.32. The molecule has 1 fully saturated rings. The van der Waals surface area contributed by atoms with Crippen molar-refractivity contribution < 1.29 is 13.2 Å². The maximum atomic E-state index is 12.5. The van der Waals surface area contributed by atoms with Gasteiger partial charge in [0.15, 0.2) is 0 Å². The SMILES string of the molecule is CC(C)CN(CCC(=N)N)S(=O)(=O)N1CCOCC1. The third-order valence-electron chi connectivity index (χ3n) is 2.82. The lowest BCUT2D eigenvalue weighted by Gasteiger charge is -2.32. The van der Waals surface area contributed by atoms with E-state index in [1.165, 1.54) is 8.61 Å². The normalized spacial score (nSPS) is 18.1. The monoisotopic (exact) mass is 292 g/mol. The van der Waals surface area contributed by atoms with Crippen LogP contribution < -0.4 is 5.73 Å². The molecule has 1 aliphatic heterocycles. The highest BCUT2D eigenvalue weighted by Crippen LogP contribution is 2.13. The van der Waals surface area contributed by atoms with Gasteiger partial charge in [-0.2, -0.15) is 17.0 Å². The smallest absolute Gasteiger partial charge is 0.282 e. The predicted octanol–water partition coefficient (Wildman–Crippen LogP) is -0.153. The number of hydrogen-bond donors (Lipinski definition) is 2. The second-order valence-corrected chi connectivity index (χ2v) is 6.97. The van der Waals surface area contributed by atoms with Gasteiger partial charge in [-0.25, -0.2) is 0 Å². The Kier molecular flexibility index (Phi) is 6.18. The molecule has 1 rings (SSSR count). The van der Waals surface area contributed by atoms with Gasteiger partial charge < -0.3 is 10.5 Å². The fourth-order valence-corrected chi connectivity index (χ4v) is 3.64. The first-order chi connectivity index (χ1) is 8.84. The number of rotatable bonds is 7. The van der Waals surface area contributed by atoms with E-state index < -0.39 is 10.2 Å². The molecular weight excluding hydrogens is 268 g/mol. The lowest BCUT2D eigenvalue weighted by Crippen LogP contribution is -2.50. The summed E-state index contributed by atoms with van der Waals surface area (Å²) in [5.74, 6) is 0.230. The van der Waals surface area contributed by atoms with Crippen molar-refractivity contribution in [3.05, 3.63) is 0 Å². The van der Waals surface area contributed by atoms with Crippen LogP contribution in [-0.2, 0) is 14.9 Å². The molecule has 3 N–H and O–H groups in total. The van der Waals surface area contributed by atoms with E-state index in [-0.39, 0.29) is 24.7 Å². The molecule has 0 aromatic heterocycles. The summed E-state index contributed by atoms with van der Waals surface area (Å²) in [4.78, 5) is 0. The zero-order valence-corrected chi connectivity index (χ0v) is 12.4. The molecule has 0 radical (unpaired) electrons. The zero-order valence-electron chi connectivity index (χ0n) is 11.6. The largest absolute Gasteiger partial charge is 0.388 e. The van der Waals surface area contributed by atoms with Crippen LogP contribution in [0.3, 0.4) is 0 Å². The van der Waals surface area contributed by atoms with Crippen LogP contribution in [-0.4, -0.2) is 62.3 Å². The Morgan fingerprint density at radius 3 is 2.47 bits per heavy atom. The molecule has 0 amide bonds. The molecule has 1 heterocycles. The first-order valence-electron chi connectivity index (χ1n) is 6.50. The third-order valence-corrected chi connectivity index (χ3v) is 4.82. The van der Waals surface area contributed by atoms with Gasteiger partial charge in [0.25, 0.3) is 10.2 Å². The van der Waals surface area contributed by atoms with Gasteiger partial charge in [-0.1, -0.05) is 13.8 Å². The van der Waals surface area contributed by atoms with Gasteiger partial charge in [-0.05, 0) is 5.92 Å². The standard InChI is InChI=1S/C11H24N4O3S/c1-10(2)9-15(4-3-11(12)13)19(16,17)14-5-7-18-8-6-14/h10H,3-9H2,1-2H3,(H3,12,13). The van der Waals surface area contributed by atoms with Gasteiger partial charge in [0.05, 0.1) is 19.0 Å². The number of nitrogens with one attached hydrogen (secondary N) is 1. The highest BCUT2D eigenvalue weighted by atomic mass is 32.2. The highest BCUT2D eigenvalue weighted by molar-refractivity contribution is 7.86. The Morgan fingerprint density at radius 1 is 1.42 bits per heavy atom. The van der Waals surface area contributed by atoms with E-state index in [0.717, 1.165) is 0 Å². The molecule has 0 bridgehead atoms. The van der Waals surface area contributed by atoms with Crippen molar-refractivity contribution in [2.45, 2.75) is 20.3 Å². The second kappa shape index (κ2) is 7.18. The summed E-state index contributed by atoms with van der Waals surface area (Å²) in [6.45, 7) is 6.27. The predicted molar refractivity (Wildman–Crippen MR) is 74.3 cm³/mol. The Balaban J connectivity index is 2.77. The van der Waals surface area contributed by atoms with Gasteiger partial charge in [-0.3, -0.25) is 5.41 Å². The van der Waals surface area contributed by atoms with E-state index in [0.29, 0.717) is 32.8 Å². The minimum atomic E-state index is -3.48. The molecule has 0 unspecified atom stereocenters. The van der Waals surface area contributed by atoms with Crippen molar-refractivity contribution in [2.75, 3.05) is 39.4 Å². The molecule has 0 atom stereocenters. The molecule has 19 heavy (non-hydrogen) atoms. The van der Waals surface area contributed by atoms with Gasteiger partial charge in [0.1, 0.15) is 0 Å². The summed E-state index contributed by atoms with van der Waals surface area (Å²) in [5, 5.41) is 7.24. The fraction of sp³-hybridized carbons (Fsp3) is 0.909. The summed E-state index contributed by atoms with van der Waals surface area (Å²) in [6, 6.07) is 0. The van der Waals surface area contributed by atoms with Crippen LogP contribution in [0.2, 0.25) is 0 Å². The zero-order chi connectivity index (χ0) is 14.5. The molecule has 1 aliphatic rings. The first-order valence-corrected chi connectivity index (χ1v) is 7.89. The van der Waals surface area contributed by atoms with Gasteiger partial charge in [0, 0.05) is 32.6 Å². The van der Waals surface area contributed by atoms with Crippen LogP contribution in [0.25, 0.3) is 0 Å². The minimum Gasteiger partial charge on any atom is -0.388 e. The molecule has 0 aromatic carbocycles. The van der Waals surface area contributed by atoms with Gasteiger partial charge >= 0.3 is 0 Å². The van der Waals surface area contributed by atoms with Crippen LogP contribution in [0, 0.1) is 11.3 Å². The van der Waals surface area contributed by atoms with Crippen LogP contribution in [0.1, 0.15) is 20.3 Å². The van der Waals surface area contributed by atoms with Crippen molar-refractivity contribution in [1.29, 1.82) is 5.41 Å². The first kappa shape index (κ1) is 16.4. The number of hydrogen-bond acceptors (Lipinski definition) is 4. The number of ether oxygens (including phenoxy) is 1. The molecular formula is C11H24N4O3S. The van der Waals surface area contributed by atoms with Crippen molar-refractivity contribution in [1.82, 2.24) is 8.61 Å². The molecule has 1 saturated heterocycles. The maximum absolute atomic E-state index is 12.5. The molecule has 0 spiro atoms. The number of nitrogens with two attached hydrogens (primary N) is 1. The van der Waals surface area contributed by atoms with Crippen LogP contribution in [0.4, 0.5) is 0 Å². The van der Waals surface area contributed by atoms with E-state index in [1.807, 2.05) is 13.8 Å². The van der Waals surface area contributed by atoms with Crippen molar-refractivity contribution in [3.8, 4) is 0 Å². The molecule has 0 aromatic rings. The summed E-state index contributed by atoms with van der Waals surface area (Å²) >= 11 is 0. The van der Waals surface area contributed by atoms with E-state index in [4.69, 9.17) is 15.9 Å². The quantitative estimate of drug-likeness (QED) is 0.503. The number of amidine groups is 1. The Morgan fingerprint density at radius 2 is 2.00 bits per heavy atom. The molecule has 7 nitrogen and oxygen atoms in total. The summed E-state index contributed by atoms with van der Waals surface area (Å²) in [6.07, 6.45) is 0.260. The second-order valence-electron chi connectivity index (χ2n) is 5.05. The summed E-state index contributed by atoms with van der Waals surface area (Å²) in [7, 11) is -3.48. The van der Waals surface area contributed by atoms with Crippen molar-refractivity contribution >= 4 is 16.0 Å². The van der Waals surface area contributed by atoms with E-state index in [1.54, 1.807) is 0 Å². The average Bonchev–Trinajstić information content (AvgIpc) is 2.34. The topological polar surface area (TPSA) is 99.7 Å². The van der Waals surface area contributed by atoms with E-state index in [2.05, 4.69) is 0 Å². The third kappa shape index (κ3) is 5.06. The van der Waals surface area contributed by atoms with E-state index >= 15 is 0 Å². The average molecular weight is 292 g/mol. The molecule has 8 heteroatoms. The molecule has 0 aliphatic carbocycles. The number of nitrogens with zero attached hydrogens (tertiary/aromatic N) is 2. The van der Waals surface area contributed by atoms with Gasteiger partial charge in [0.2, 0.25) is 0 Å². The maximum Gasteiger partial charge on any atom is 0.282 e. The lowest BCUT2D eigenvalue weighted by molar-refractivity contribution is 0.0699.